The molecule has 0 rings (SSSR count). The molecule has 0 aliphatic heterocycles. The molecule has 0 bridgehead atoms. The molecule has 4 N–H and O–H groups in total. The maximum atomic E-state index is 9.85. The summed E-state index contributed by atoms with van der Waals surface area (Å²) in [5.41, 5.74) is 6.06. The van der Waals surface area contributed by atoms with Crippen molar-refractivity contribution in [2.45, 2.75) is 12.5 Å². The van der Waals surface area contributed by atoms with Crippen LogP contribution in [0.4, 0.5) is 0 Å². The SMILES string of the molecule is N#CCl.NC(CC(=O)O)C(=O)O. The summed E-state index contributed by atoms with van der Waals surface area (Å²) in [4.78, 5) is 19.6. The van der Waals surface area contributed by atoms with Gasteiger partial charge in [-0.15, -0.1) is 0 Å². The van der Waals surface area contributed by atoms with Crippen molar-refractivity contribution in [3.8, 4) is 5.53 Å². The summed E-state index contributed by atoms with van der Waals surface area (Å²) >= 11 is 4.30. The van der Waals surface area contributed by atoms with Gasteiger partial charge in [0.1, 0.15) is 6.04 Å². The van der Waals surface area contributed by atoms with E-state index in [1.165, 1.54) is 5.53 Å². The van der Waals surface area contributed by atoms with Gasteiger partial charge in [-0.1, -0.05) is 0 Å². The lowest BCUT2D eigenvalue weighted by Gasteiger charge is -1.99. The van der Waals surface area contributed by atoms with Crippen LogP contribution in [0.1, 0.15) is 6.42 Å². The molecular formula is C5H7ClN2O4. The number of hydrogen-bond donors (Lipinski definition) is 3. The quantitative estimate of drug-likeness (QED) is 0.560. The lowest BCUT2D eigenvalue weighted by molar-refractivity contribution is -0.144. The Hall–Kier alpha value is -1.32. The number of nitrogens with zero attached hydrogens (tertiary/aromatic N) is 1. The molecule has 0 fully saturated rings. The first-order valence-electron chi connectivity index (χ1n) is 2.65. The predicted molar refractivity (Wildman–Crippen MR) is 39.3 cm³/mol. The second-order valence-corrected chi connectivity index (χ2v) is 1.80. The van der Waals surface area contributed by atoms with Gasteiger partial charge in [0.2, 0.25) is 0 Å². The van der Waals surface area contributed by atoms with E-state index in [1.807, 2.05) is 0 Å². The highest BCUT2D eigenvalue weighted by molar-refractivity contribution is 6.28. The molecule has 0 aliphatic rings. The van der Waals surface area contributed by atoms with Gasteiger partial charge in [0, 0.05) is 11.6 Å². The summed E-state index contributed by atoms with van der Waals surface area (Å²) in [5.74, 6) is -2.50. The zero-order valence-corrected chi connectivity index (χ0v) is 6.65. The number of aliphatic carboxylic acids is 2. The Morgan fingerprint density at radius 3 is 2.00 bits per heavy atom. The van der Waals surface area contributed by atoms with Gasteiger partial charge in [-0.3, -0.25) is 9.59 Å². The van der Waals surface area contributed by atoms with Gasteiger partial charge >= 0.3 is 11.9 Å². The molecule has 6 nitrogen and oxygen atoms in total. The maximum absolute atomic E-state index is 9.85. The highest BCUT2D eigenvalue weighted by Gasteiger charge is 2.14. The van der Waals surface area contributed by atoms with Gasteiger partial charge in [0.25, 0.3) is 0 Å². The van der Waals surface area contributed by atoms with Gasteiger partial charge in [-0.2, -0.15) is 5.26 Å². The fraction of sp³-hybridized carbons (Fsp3) is 0.400. The molecule has 1 atom stereocenters. The van der Waals surface area contributed by atoms with E-state index in [0.717, 1.165) is 0 Å². The van der Waals surface area contributed by atoms with Crippen molar-refractivity contribution >= 4 is 23.5 Å². The van der Waals surface area contributed by atoms with Crippen LogP contribution in [0.15, 0.2) is 0 Å². The lowest BCUT2D eigenvalue weighted by atomic mass is 10.2. The number of carboxylic acid groups (broad SMARTS) is 2. The molecule has 0 aromatic rings. The van der Waals surface area contributed by atoms with E-state index in [0.29, 0.717) is 0 Å². The van der Waals surface area contributed by atoms with Crippen LogP contribution in [0.2, 0.25) is 0 Å². The normalized spacial score (nSPS) is 10.1. The summed E-state index contributed by atoms with van der Waals surface area (Å²) in [6.45, 7) is 0. The molecule has 68 valence electrons. The van der Waals surface area contributed by atoms with Crippen LogP contribution in [0.25, 0.3) is 0 Å². The molecule has 0 heterocycles. The van der Waals surface area contributed by atoms with E-state index in [4.69, 9.17) is 21.2 Å². The molecule has 0 radical (unpaired) electrons. The molecule has 0 amide bonds. The molecule has 0 spiro atoms. The molecule has 0 aliphatic carbocycles. The van der Waals surface area contributed by atoms with Crippen molar-refractivity contribution in [1.29, 1.82) is 5.26 Å². The van der Waals surface area contributed by atoms with E-state index in [-0.39, 0.29) is 0 Å². The summed E-state index contributed by atoms with van der Waals surface area (Å²) in [6, 6.07) is -1.29. The van der Waals surface area contributed by atoms with Crippen LogP contribution in [-0.2, 0) is 9.59 Å². The first kappa shape index (κ1) is 13.3. The fourth-order valence-electron chi connectivity index (χ4n) is 0.275. The molecule has 0 saturated carbocycles. The highest BCUT2D eigenvalue weighted by atomic mass is 35.5. The zero-order chi connectivity index (χ0) is 10.1. The van der Waals surface area contributed by atoms with Gasteiger partial charge in [0.05, 0.1) is 6.42 Å². The second-order valence-electron chi connectivity index (χ2n) is 1.63. The van der Waals surface area contributed by atoms with Gasteiger partial charge in [0.15, 0.2) is 5.53 Å². The van der Waals surface area contributed by atoms with E-state index in [2.05, 4.69) is 11.6 Å². The summed E-state index contributed by atoms with van der Waals surface area (Å²) < 4.78 is 0. The Kier molecular flexibility index (Phi) is 8.62. The smallest absolute Gasteiger partial charge is 0.321 e. The standard InChI is InChI=1S/C4H7NO4.CClN/c5-2(4(8)9)1-3(6)7;2-1-3/h2H,1,5H2,(H,6,7)(H,8,9);. The number of carboxylic acids is 2. The van der Waals surface area contributed by atoms with Crippen molar-refractivity contribution in [2.24, 2.45) is 5.73 Å². The monoisotopic (exact) mass is 194 g/mol. The number of halogens is 1. The van der Waals surface area contributed by atoms with Crippen molar-refractivity contribution in [3.05, 3.63) is 0 Å². The minimum atomic E-state index is -1.29. The number of carbonyl (C=O) groups is 2. The van der Waals surface area contributed by atoms with Crippen LogP contribution in [0, 0.1) is 10.8 Å². The minimum absolute atomic E-state index is 0.532. The van der Waals surface area contributed by atoms with Crippen LogP contribution in [0.3, 0.4) is 0 Å². The van der Waals surface area contributed by atoms with Crippen LogP contribution in [-0.4, -0.2) is 28.2 Å². The molecule has 1 unspecified atom stereocenters. The lowest BCUT2D eigenvalue weighted by Crippen LogP contribution is -2.32. The van der Waals surface area contributed by atoms with Crippen molar-refractivity contribution in [3.63, 3.8) is 0 Å². The topological polar surface area (TPSA) is 124 Å². The second kappa shape index (κ2) is 7.78. The third kappa shape index (κ3) is 11.5. The zero-order valence-electron chi connectivity index (χ0n) is 5.90. The molecule has 0 aromatic heterocycles. The maximum Gasteiger partial charge on any atom is 0.321 e. The predicted octanol–water partition coefficient (Wildman–Crippen LogP) is -0.421. The van der Waals surface area contributed by atoms with Gasteiger partial charge < -0.3 is 15.9 Å². The number of nitriles is 1. The van der Waals surface area contributed by atoms with Crippen molar-refractivity contribution in [2.75, 3.05) is 0 Å². The summed E-state index contributed by atoms with van der Waals surface area (Å²) in [5, 5.41) is 23.1. The first-order chi connectivity index (χ1) is 5.45. The van der Waals surface area contributed by atoms with E-state index >= 15 is 0 Å². The van der Waals surface area contributed by atoms with Gasteiger partial charge in [-0.25, -0.2) is 0 Å². The van der Waals surface area contributed by atoms with E-state index < -0.39 is 24.4 Å². The molecule has 12 heavy (non-hydrogen) atoms. The third-order valence-electron chi connectivity index (χ3n) is 0.712. The summed E-state index contributed by atoms with van der Waals surface area (Å²) in [7, 11) is 0. The fourth-order valence-corrected chi connectivity index (χ4v) is 0.275. The molecule has 7 heteroatoms. The average Bonchev–Trinajstić information content (AvgIpc) is 1.87. The Bertz CT molecular complexity index is 200. The summed E-state index contributed by atoms with van der Waals surface area (Å²) in [6.07, 6.45) is -0.532. The largest absolute Gasteiger partial charge is 0.481 e. The number of hydrogen-bond acceptors (Lipinski definition) is 4. The Balaban J connectivity index is 0. The highest BCUT2D eigenvalue weighted by Crippen LogP contribution is 1.86. The Labute approximate surface area is 73.2 Å². The van der Waals surface area contributed by atoms with Crippen LogP contribution < -0.4 is 5.73 Å². The first-order valence-corrected chi connectivity index (χ1v) is 3.03. The van der Waals surface area contributed by atoms with Crippen molar-refractivity contribution < 1.29 is 19.8 Å². The Morgan fingerprint density at radius 2 is 1.92 bits per heavy atom. The number of nitrogens with two attached hydrogens (primary N) is 1. The van der Waals surface area contributed by atoms with E-state index in [9.17, 15) is 9.59 Å². The average molecular weight is 195 g/mol. The molecule has 0 aromatic carbocycles. The van der Waals surface area contributed by atoms with E-state index in [1.54, 1.807) is 0 Å². The third-order valence-corrected chi connectivity index (χ3v) is 0.712. The molecule has 0 saturated heterocycles. The van der Waals surface area contributed by atoms with Gasteiger partial charge in [-0.05, 0) is 0 Å². The van der Waals surface area contributed by atoms with Crippen LogP contribution in [0.5, 0.6) is 0 Å². The molecular weight excluding hydrogens is 188 g/mol. The van der Waals surface area contributed by atoms with Crippen molar-refractivity contribution in [1.82, 2.24) is 0 Å². The van der Waals surface area contributed by atoms with Crippen LogP contribution >= 0.6 is 11.6 Å². The number of rotatable bonds is 3. The Morgan fingerprint density at radius 1 is 1.58 bits per heavy atom. The minimum Gasteiger partial charge on any atom is -0.481 e.